The van der Waals surface area contributed by atoms with Crippen molar-refractivity contribution in [2.45, 2.75) is 73.8 Å². The molecule has 0 aliphatic carbocycles. The first-order chi connectivity index (χ1) is 16.2. The Labute approximate surface area is 205 Å². The molecule has 3 heterocycles. The standard InChI is InChI=1S/C23H30N6O.2C2H6/c1-15-7-6-10-24-20(15)28-11-12-29(16(2)14-28)22(30)27-21-25-18-9-8-17(23(3,4)5)13-19(18)26-21;2*1-2/h6-10,13,16H,11-12,14H2,1-5H3,(H2,25,26,27,30);2*1-2H3. The number of urea groups is 1. The summed E-state index contributed by atoms with van der Waals surface area (Å²) in [6, 6.07) is 10.2. The molecule has 34 heavy (non-hydrogen) atoms. The van der Waals surface area contributed by atoms with Crippen LogP contribution >= 0.6 is 0 Å². The Kier molecular flexibility index (Phi) is 9.47. The summed E-state index contributed by atoms with van der Waals surface area (Å²) in [6.07, 6.45) is 1.82. The zero-order valence-corrected chi connectivity index (χ0v) is 22.4. The third kappa shape index (κ3) is 6.27. The molecule has 1 saturated heterocycles. The van der Waals surface area contributed by atoms with Crippen LogP contribution in [0.15, 0.2) is 36.5 Å². The SMILES string of the molecule is CC.CC.Cc1cccnc1N1CCN(C(=O)Nc2nc3ccc(C(C)(C)C)cc3[nH]2)C(C)C1. The van der Waals surface area contributed by atoms with Gasteiger partial charge in [-0.25, -0.2) is 14.8 Å². The van der Waals surface area contributed by atoms with Gasteiger partial charge in [-0.3, -0.25) is 5.32 Å². The lowest BCUT2D eigenvalue weighted by molar-refractivity contribution is 0.184. The van der Waals surface area contributed by atoms with Crippen LogP contribution in [-0.4, -0.2) is 51.6 Å². The Morgan fingerprint density at radius 2 is 1.82 bits per heavy atom. The monoisotopic (exact) mass is 466 g/mol. The first-order valence-electron chi connectivity index (χ1n) is 12.5. The lowest BCUT2D eigenvalue weighted by Gasteiger charge is -2.40. The van der Waals surface area contributed by atoms with Crippen molar-refractivity contribution in [1.29, 1.82) is 0 Å². The van der Waals surface area contributed by atoms with E-state index in [4.69, 9.17) is 0 Å². The van der Waals surface area contributed by atoms with E-state index in [-0.39, 0.29) is 17.5 Å². The fourth-order valence-electron chi connectivity index (χ4n) is 3.97. The van der Waals surface area contributed by atoms with Crippen LogP contribution in [0.25, 0.3) is 11.0 Å². The number of anilines is 2. The highest BCUT2D eigenvalue weighted by Crippen LogP contribution is 2.26. The number of imidazole rings is 1. The number of aromatic nitrogens is 3. The zero-order valence-electron chi connectivity index (χ0n) is 22.4. The molecule has 1 atom stereocenters. The Bertz CT molecular complexity index is 1070. The molecule has 7 nitrogen and oxygen atoms in total. The highest BCUT2D eigenvalue weighted by Gasteiger charge is 2.29. The second-order valence-corrected chi connectivity index (χ2v) is 9.13. The summed E-state index contributed by atoms with van der Waals surface area (Å²) in [5.74, 6) is 1.48. The molecule has 1 aliphatic rings. The molecule has 2 amide bonds. The number of benzene rings is 1. The topological polar surface area (TPSA) is 77.2 Å². The predicted octanol–water partition coefficient (Wildman–Crippen LogP) is 6.36. The van der Waals surface area contributed by atoms with Gasteiger partial charge in [0.05, 0.1) is 11.0 Å². The lowest BCUT2D eigenvalue weighted by Crippen LogP contribution is -2.55. The number of carbonyl (C=O) groups is 1. The van der Waals surface area contributed by atoms with Gasteiger partial charge in [-0.1, -0.05) is 60.6 Å². The molecule has 0 spiro atoms. The molecule has 0 bridgehead atoms. The van der Waals surface area contributed by atoms with Crippen molar-refractivity contribution in [1.82, 2.24) is 19.9 Å². The average molecular weight is 467 g/mol. The number of carbonyl (C=O) groups excluding carboxylic acids is 1. The molecular formula is C27H42N6O. The van der Waals surface area contributed by atoms with E-state index in [1.165, 1.54) is 5.56 Å². The van der Waals surface area contributed by atoms with E-state index in [1.54, 1.807) is 0 Å². The van der Waals surface area contributed by atoms with Crippen LogP contribution < -0.4 is 10.2 Å². The van der Waals surface area contributed by atoms with E-state index in [2.05, 4.69) is 78.0 Å². The lowest BCUT2D eigenvalue weighted by atomic mass is 9.87. The van der Waals surface area contributed by atoms with Gasteiger partial charge in [0, 0.05) is 31.9 Å². The van der Waals surface area contributed by atoms with Crippen molar-refractivity contribution in [3.05, 3.63) is 47.7 Å². The molecule has 7 heteroatoms. The van der Waals surface area contributed by atoms with E-state index >= 15 is 0 Å². The molecule has 1 aliphatic heterocycles. The van der Waals surface area contributed by atoms with E-state index in [1.807, 2.05) is 50.9 Å². The maximum absolute atomic E-state index is 12.9. The molecule has 2 N–H and O–H groups in total. The van der Waals surface area contributed by atoms with Crippen LogP contribution in [0, 0.1) is 6.92 Å². The molecule has 1 aromatic carbocycles. The van der Waals surface area contributed by atoms with Gasteiger partial charge >= 0.3 is 6.03 Å². The van der Waals surface area contributed by atoms with Crippen LogP contribution in [0.1, 0.15) is 66.5 Å². The Morgan fingerprint density at radius 3 is 2.44 bits per heavy atom. The quantitative estimate of drug-likeness (QED) is 0.461. The summed E-state index contributed by atoms with van der Waals surface area (Å²) < 4.78 is 0. The van der Waals surface area contributed by atoms with Crippen LogP contribution in [0.4, 0.5) is 16.6 Å². The highest BCUT2D eigenvalue weighted by molar-refractivity contribution is 5.90. The van der Waals surface area contributed by atoms with Crippen molar-refractivity contribution < 1.29 is 4.79 Å². The molecule has 1 unspecified atom stereocenters. The largest absolute Gasteiger partial charge is 0.353 e. The van der Waals surface area contributed by atoms with Crippen LogP contribution in [-0.2, 0) is 5.41 Å². The number of H-pyrrole nitrogens is 1. The number of aromatic amines is 1. The minimum absolute atomic E-state index is 0.0593. The zero-order chi connectivity index (χ0) is 25.5. The average Bonchev–Trinajstić information content (AvgIpc) is 3.22. The normalized spacial score (nSPS) is 15.7. The number of hydrogen-bond acceptors (Lipinski definition) is 4. The molecule has 3 aromatic rings. The summed E-state index contributed by atoms with van der Waals surface area (Å²) >= 11 is 0. The number of amides is 2. The fourth-order valence-corrected chi connectivity index (χ4v) is 3.97. The van der Waals surface area contributed by atoms with Crippen molar-refractivity contribution in [2.75, 3.05) is 29.9 Å². The summed E-state index contributed by atoms with van der Waals surface area (Å²) in [4.78, 5) is 29.3. The minimum atomic E-state index is -0.130. The molecule has 186 valence electrons. The van der Waals surface area contributed by atoms with Crippen molar-refractivity contribution in [3.8, 4) is 0 Å². The predicted molar refractivity (Wildman–Crippen MR) is 144 cm³/mol. The number of piperazine rings is 1. The number of aryl methyl sites for hydroxylation is 1. The maximum atomic E-state index is 12.9. The summed E-state index contributed by atoms with van der Waals surface area (Å²) in [7, 11) is 0. The molecule has 1 fully saturated rings. The first kappa shape index (κ1) is 27.2. The summed E-state index contributed by atoms with van der Waals surface area (Å²) in [5, 5.41) is 2.94. The number of fused-ring (bicyclic) bond motifs is 1. The van der Waals surface area contributed by atoms with Gasteiger partial charge in [0.25, 0.3) is 0 Å². The molecular weight excluding hydrogens is 424 g/mol. The van der Waals surface area contributed by atoms with Gasteiger partial charge in [-0.15, -0.1) is 0 Å². The van der Waals surface area contributed by atoms with Gasteiger partial charge in [-0.2, -0.15) is 0 Å². The Hall–Kier alpha value is -3.09. The maximum Gasteiger partial charge on any atom is 0.324 e. The highest BCUT2D eigenvalue weighted by atomic mass is 16.2. The molecule has 4 rings (SSSR count). The number of nitrogens with zero attached hydrogens (tertiary/aromatic N) is 4. The van der Waals surface area contributed by atoms with Crippen LogP contribution in [0.5, 0.6) is 0 Å². The number of hydrogen-bond donors (Lipinski definition) is 2. The second kappa shape index (κ2) is 11.9. The van der Waals surface area contributed by atoms with Gasteiger partial charge < -0.3 is 14.8 Å². The van der Waals surface area contributed by atoms with Gasteiger partial charge in [0.15, 0.2) is 0 Å². The number of rotatable bonds is 2. The second-order valence-electron chi connectivity index (χ2n) is 9.13. The van der Waals surface area contributed by atoms with Crippen LogP contribution in [0.2, 0.25) is 0 Å². The summed E-state index contributed by atoms with van der Waals surface area (Å²) in [5.41, 5.74) is 4.22. The van der Waals surface area contributed by atoms with E-state index < -0.39 is 0 Å². The van der Waals surface area contributed by atoms with E-state index in [0.29, 0.717) is 12.5 Å². The van der Waals surface area contributed by atoms with Crippen molar-refractivity contribution >= 4 is 28.8 Å². The smallest absolute Gasteiger partial charge is 0.324 e. The van der Waals surface area contributed by atoms with Gasteiger partial charge in [0.1, 0.15) is 5.82 Å². The van der Waals surface area contributed by atoms with Gasteiger partial charge in [0.2, 0.25) is 5.95 Å². The number of pyridine rings is 1. The Balaban J connectivity index is 0.000000970. The molecule has 0 saturated carbocycles. The third-order valence-electron chi connectivity index (χ3n) is 5.74. The van der Waals surface area contributed by atoms with E-state index in [9.17, 15) is 4.79 Å². The van der Waals surface area contributed by atoms with E-state index in [0.717, 1.165) is 35.5 Å². The Morgan fingerprint density at radius 1 is 1.12 bits per heavy atom. The fraction of sp³-hybridized carbons (Fsp3) is 0.519. The third-order valence-corrected chi connectivity index (χ3v) is 5.74. The minimum Gasteiger partial charge on any atom is -0.353 e. The molecule has 0 radical (unpaired) electrons. The van der Waals surface area contributed by atoms with Crippen molar-refractivity contribution in [3.63, 3.8) is 0 Å². The van der Waals surface area contributed by atoms with Gasteiger partial charge in [-0.05, 0) is 48.6 Å². The van der Waals surface area contributed by atoms with Crippen molar-refractivity contribution in [2.24, 2.45) is 0 Å². The van der Waals surface area contributed by atoms with Crippen LogP contribution in [0.3, 0.4) is 0 Å². The first-order valence-corrected chi connectivity index (χ1v) is 12.5. The summed E-state index contributed by atoms with van der Waals surface area (Å²) in [6.45, 7) is 20.8. The number of nitrogens with one attached hydrogen (secondary N) is 2. The molecule has 2 aromatic heterocycles.